The van der Waals surface area contributed by atoms with Crippen molar-refractivity contribution in [3.8, 4) is 23.3 Å². The molecule has 0 spiro atoms. The van der Waals surface area contributed by atoms with Gasteiger partial charge in [0.2, 0.25) is 0 Å². The molecule has 6 nitrogen and oxygen atoms in total. The van der Waals surface area contributed by atoms with Crippen molar-refractivity contribution in [2.75, 3.05) is 7.11 Å². The predicted octanol–water partition coefficient (Wildman–Crippen LogP) is 3.63. The van der Waals surface area contributed by atoms with Gasteiger partial charge >= 0.3 is 5.97 Å². The summed E-state index contributed by atoms with van der Waals surface area (Å²) in [7, 11) is 1.44. The van der Waals surface area contributed by atoms with E-state index in [1.54, 1.807) is 41.2 Å². The van der Waals surface area contributed by atoms with Crippen molar-refractivity contribution in [1.82, 2.24) is 9.78 Å². The highest BCUT2D eigenvalue weighted by molar-refractivity contribution is 6.30. The standard InChI is InChI=1S/C18H12ClN3O3/c1-24-17-8-12(9-20)2-7-16(17)25-18(23)13-10-21-22(11-13)15-5-3-14(19)4-6-15/h2-8,10-11H,1H3. The Bertz CT molecular complexity index is 958. The molecule has 0 saturated heterocycles. The lowest BCUT2D eigenvalue weighted by atomic mass is 10.2. The number of esters is 1. The quantitative estimate of drug-likeness (QED) is 0.528. The minimum Gasteiger partial charge on any atom is -0.493 e. The molecule has 3 rings (SSSR count). The van der Waals surface area contributed by atoms with Gasteiger partial charge in [-0.2, -0.15) is 10.4 Å². The van der Waals surface area contributed by atoms with Crippen LogP contribution in [0, 0.1) is 11.3 Å². The fraction of sp³-hybridized carbons (Fsp3) is 0.0556. The van der Waals surface area contributed by atoms with Gasteiger partial charge in [0, 0.05) is 17.3 Å². The number of halogens is 1. The fourth-order valence-electron chi connectivity index (χ4n) is 2.14. The Kier molecular flexibility index (Phi) is 4.68. The molecule has 2 aromatic carbocycles. The van der Waals surface area contributed by atoms with E-state index in [0.29, 0.717) is 16.3 Å². The molecule has 0 saturated carbocycles. The molecule has 0 bridgehead atoms. The normalized spacial score (nSPS) is 10.1. The molecule has 0 aliphatic heterocycles. The van der Waals surface area contributed by atoms with Crippen molar-refractivity contribution >= 4 is 17.6 Å². The number of methoxy groups -OCH3 is 1. The minimum atomic E-state index is -0.580. The van der Waals surface area contributed by atoms with E-state index in [1.807, 2.05) is 6.07 Å². The minimum absolute atomic E-state index is 0.228. The second-order valence-corrected chi connectivity index (χ2v) is 5.45. The Hall–Kier alpha value is -3.30. The first-order valence-electron chi connectivity index (χ1n) is 7.21. The summed E-state index contributed by atoms with van der Waals surface area (Å²) in [5, 5.41) is 13.7. The van der Waals surface area contributed by atoms with Gasteiger partial charge in [-0.1, -0.05) is 11.6 Å². The van der Waals surface area contributed by atoms with Gasteiger partial charge in [0.05, 0.1) is 36.2 Å². The van der Waals surface area contributed by atoms with Gasteiger partial charge in [-0.15, -0.1) is 0 Å². The summed E-state index contributed by atoms with van der Waals surface area (Å²) in [6.45, 7) is 0. The smallest absolute Gasteiger partial charge is 0.346 e. The van der Waals surface area contributed by atoms with Crippen LogP contribution in [-0.2, 0) is 0 Å². The average Bonchev–Trinajstić information content (AvgIpc) is 3.13. The third-order valence-corrected chi connectivity index (χ3v) is 3.66. The number of aromatic nitrogens is 2. The monoisotopic (exact) mass is 353 g/mol. The van der Waals surface area contributed by atoms with Crippen LogP contribution < -0.4 is 9.47 Å². The first-order chi connectivity index (χ1) is 12.1. The lowest BCUT2D eigenvalue weighted by molar-refractivity contribution is 0.0729. The fourth-order valence-corrected chi connectivity index (χ4v) is 2.27. The zero-order chi connectivity index (χ0) is 17.8. The molecular weight excluding hydrogens is 342 g/mol. The van der Waals surface area contributed by atoms with Crippen LogP contribution in [0.25, 0.3) is 5.69 Å². The molecule has 3 aromatic rings. The number of rotatable bonds is 4. The lowest BCUT2D eigenvalue weighted by Gasteiger charge is -2.08. The molecule has 0 radical (unpaired) electrons. The highest BCUT2D eigenvalue weighted by Crippen LogP contribution is 2.28. The van der Waals surface area contributed by atoms with Crippen molar-refractivity contribution in [3.05, 3.63) is 71.0 Å². The van der Waals surface area contributed by atoms with E-state index < -0.39 is 5.97 Å². The number of nitrogens with zero attached hydrogens (tertiary/aromatic N) is 3. The van der Waals surface area contributed by atoms with Crippen LogP contribution in [0.2, 0.25) is 5.02 Å². The van der Waals surface area contributed by atoms with Crippen molar-refractivity contribution in [1.29, 1.82) is 5.26 Å². The maximum atomic E-state index is 12.3. The summed E-state index contributed by atoms with van der Waals surface area (Å²) in [6.07, 6.45) is 2.97. The van der Waals surface area contributed by atoms with Gasteiger partial charge in [0.1, 0.15) is 0 Å². The maximum Gasteiger partial charge on any atom is 0.346 e. The van der Waals surface area contributed by atoms with Crippen LogP contribution in [0.3, 0.4) is 0 Å². The van der Waals surface area contributed by atoms with E-state index in [2.05, 4.69) is 5.10 Å². The third kappa shape index (κ3) is 3.62. The first kappa shape index (κ1) is 16.6. The molecule has 124 valence electrons. The number of nitriles is 1. The van der Waals surface area contributed by atoms with Crippen molar-refractivity contribution in [2.24, 2.45) is 0 Å². The van der Waals surface area contributed by atoms with E-state index >= 15 is 0 Å². The number of hydrogen-bond donors (Lipinski definition) is 0. The van der Waals surface area contributed by atoms with Gasteiger partial charge < -0.3 is 9.47 Å². The van der Waals surface area contributed by atoms with Gasteiger partial charge in [-0.05, 0) is 36.4 Å². The topological polar surface area (TPSA) is 77.1 Å². The maximum absolute atomic E-state index is 12.3. The number of ether oxygens (including phenoxy) is 2. The molecule has 0 atom stereocenters. The van der Waals surface area contributed by atoms with Crippen molar-refractivity contribution in [3.63, 3.8) is 0 Å². The van der Waals surface area contributed by atoms with E-state index in [-0.39, 0.29) is 11.3 Å². The van der Waals surface area contributed by atoms with E-state index in [1.165, 1.54) is 25.4 Å². The zero-order valence-corrected chi connectivity index (χ0v) is 13.9. The zero-order valence-electron chi connectivity index (χ0n) is 13.1. The SMILES string of the molecule is COc1cc(C#N)ccc1OC(=O)c1cnn(-c2ccc(Cl)cc2)c1. The Morgan fingerprint density at radius 1 is 1.20 bits per heavy atom. The summed E-state index contributed by atoms with van der Waals surface area (Å²) in [6, 6.07) is 13.6. The van der Waals surface area contributed by atoms with Crippen LogP contribution in [0.15, 0.2) is 54.9 Å². The van der Waals surface area contributed by atoms with Crippen molar-refractivity contribution < 1.29 is 14.3 Å². The molecule has 0 aliphatic carbocycles. The molecule has 0 fully saturated rings. The summed E-state index contributed by atoms with van der Waals surface area (Å²) >= 11 is 5.86. The van der Waals surface area contributed by atoms with Crippen LogP contribution in [0.5, 0.6) is 11.5 Å². The molecule has 25 heavy (non-hydrogen) atoms. The molecule has 0 amide bonds. The largest absolute Gasteiger partial charge is 0.493 e. The summed E-state index contributed by atoms with van der Waals surface area (Å²) in [4.78, 5) is 12.3. The molecule has 7 heteroatoms. The second-order valence-electron chi connectivity index (χ2n) is 5.02. The van der Waals surface area contributed by atoms with Gasteiger partial charge in [0.25, 0.3) is 0 Å². The molecule has 0 unspecified atom stereocenters. The Balaban J connectivity index is 1.81. The van der Waals surface area contributed by atoms with Crippen LogP contribution >= 0.6 is 11.6 Å². The van der Waals surface area contributed by atoms with Crippen LogP contribution in [0.1, 0.15) is 15.9 Å². The second kappa shape index (κ2) is 7.07. The Morgan fingerprint density at radius 3 is 2.64 bits per heavy atom. The summed E-state index contributed by atoms with van der Waals surface area (Å²) in [5.74, 6) is -0.0496. The summed E-state index contributed by atoms with van der Waals surface area (Å²) in [5.41, 5.74) is 1.45. The highest BCUT2D eigenvalue weighted by Gasteiger charge is 2.15. The third-order valence-electron chi connectivity index (χ3n) is 3.40. The number of benzene rings is 2. The Morgan fingerprint density at radius 2 is 1.96 bits per heavy atom. The first-order valence-corrected chi connectivity index (χ1v) is 7.59. The number of carbonyl (C=O) groups is 1. The van der Waals surface area contributed by atoms with E-state index in [9.17, 15) is 4.79 Å². The number of carbonyl (C=O) groups excluding carboxylic acids is 1. The molecular formula is C18H12ClN3O3. The molecule has 1 heterocycles. The molecule has 1 aromatic heterocycles. The lowest BCUT2D eigenvalue weighted by Crippen LogP contribution is -2.08. The van der Waals surface area contributed by atoms with Crippen LogP contribution in [0.4, 0.5) is 0 Å². The van der Waals surface area contributed by atoms with Gasteiger partial charge in [-0.25, -0.2) is 9.48 Å². The van der Waals surface area contributed by atoms with E-state index in [4.69, 9.17) is 26.3 Å². The molecule has 0 N–H and O–H groups in total. The Labute approximate surface area is 148 Å². The van der Waals surface area contributed by atoms with Gasteiger partial charge in [-0.3, -0.25) is 0 Å². The number of hydrogen-bond acceptors (Lipinski definition) is 5. The predicted molar refractivity (Wildman–Crippen MR) is 91.2 cm³/mol. The van der Waals surface area contributed by atoms with Crippen LogP contribution in [-0.4, -0.2) is 22.9 Å². The molecule has 0 aliphatic rings. The van der Waals surface area contributed by atoms with Gasteiger partial charge in [0.15, 0.2) is 11.5 Å². The van der Waals surface area contributed by atoms with E-state index in [0.717, 1.165) is 5.69 Å². The van der Waals surface area contributed by atoms with Crippen molar-refractivity contribution in [2.45, 2.75) is 0 Å². The average molecular weight is 354 g/mol. The highest BCUT2D eigenvalue weighted by atomic mass is 35.5. The summed E-state index contributed by atoms with van der Waals surface area (Å²) < 4.78 is 12.0.